The van der Waals surface area contributed by atoms with E-state index in [0.717, 1.165) is 52.8 Å². The van der Waals surface area contributed by atoms with Crippen LogP contribution >= 0.6 is 0 Å². The zero-order valence-electron chi connectivity index (χ0n) is 18.9. The lowest BCUT2D eigenvalue weighted by molar-refractivity contribution is -0.282. The summed E-state index contributed by atoms with van der Waals surface area (Å²) in [5.74, 6) is 0. The van der Waals surface area contributed by atoms with Gasteiger partial charge in [0.05, 0.1) is 39.1 Å². The van der Waals surface area contributed by atoms with E-state index in [1.807, 2.05) is 24.3 Å². The lowest BCUT2D eigenvalue weighted by atomic mass is 10.0. The SMILES string of the molecule is COOCc1cccc2c1S(=O)c1ccc(C)c(C)c1N2CCCNCc1ccccc1. The number of hydrogen-bond acceptors (Lipinski definition) is 5. The van der Waals surface area contributed by atoms with Gasteiger partial charge in [-0.2, -0.15) is 0 Å². The van der Waals surface area contributed by atoms with E-state index in [1.54, 1.807) is 0 Å². The maximum Gasteiger partial charge on any atom is 0.109 e. The van der Waals surface area contributed by atoms with E-state index < -0.39 is 10.8 Å². The highest BCUT2D eigenvalue weighted by Crippen LogP contribution is 2.45. The maximum atomic E-state index is 13.6. The molecule has 1 aliphatic rings. The number of nitrogens with one attached hydrogen (secondary N) is 1. The van der Waals surface area contributed by atoms with Crippen LogP contribution in [0, 0.1) is 13.8 Å². The molecule has 0 radical (unpaired) electrons. The second-order valence-corrected chi connectivity index (χ2v) is 9.37. The van der Waals surface area contributed by atoms with E-state index in [0.29, 0.717) is 0 Å². The van der Waals surface area contributed by atoms with Crippen molar-refractivity contribution in [1.29, 1.82) is 0 Å². The third kappa shape index (κ3) is 4.64. The van der Waals surface area contributed by atoms with Crippen molar-refractivity contribution in [2.24, 2.45) is 0 Å². The zero-order chi connectivity index (χ0) is 22.5. The summed E-state index contributed by atoms with van der Waals surface area (Å²) in [5.41, 5.74) is 6.62. The molecule has 1 atom stereocenters. The van der Waals surface area contributed by atoms with Gasteiger partial charge in [-0.1, -0.05) is 48.5 Å². The Morgan fingerprint density at radius 2 is 1.81 bits per heavy atom. The Bertz CT molecular complexity index is 1100. The van der Waals surface area contributed by atoms with Crippen molar-refractivity contribution in [3.63, 3.8) is 0 Å². The highest BCUT2D eigenvalue weighted by atomic mass is 32.2. The fourth-order valence-electron chi connectivity index (χ4n) is 4.15. The first kappa shape index (κ1) is 22.7. The second-order valence-electron chi connectivity index (χ2n) is 7.98. The molecule has 0 aromatic heterocycles. The number of rotatable bonds is 9. The van der Waals surface area contributed by atoms with Crippen LogP contribution in [0.15, 0.2) is 70.5 Å². The van der Waals surface area contributed by atoms with Gasteiger partial charge in [-0.15, -0.1) is 0 Å². The Kier molecular flexibility index (Phi) is 7.37. The molecule has 168 valence electrons. The molecule has 0 amide bonds. The summed E-state index contributed by atoms with van der Waals surface area (Å²) in [6.07, 6.45) is 0.963. The molecule has 1 aliphatic heterocycles. The highest BCUT2D eigenvalue weighted by molar-refractivity contribution is 7.85. The van der Waals surface area contributed by atoms with Gasteiger partial charge in [-0.25, -0.2) is 14.0 Å². The molecule has 1 heterocycles. The smallest absolute Gasteiger partial charge is 0.109 e. The van der Waals surface area contributed by atoms with E-state index in [2.05, 4.69) is 60.5 Å². The summed E-state index contributed by atoms with van der Waals surface area (Å²) < 4.78 is 13.6. The lowest BCUT2D eigenvalue weighted by Gasteiger charge is -2.35. The zero-order valence-corrected chi connectivity index (χ0v) is 19.7. The minimum atomic E-state index is -1.27. The molecule has 1 N–H and O–H groups in total. The van der Waals surface area contributed by atoms with Crippen molar-refractivity contribution in [2.75, 3.05) is 25.1 Å². The molecule has 0 saturated carbocycles. The van der Waals surface area contributed by atoms with Crippen molar-refractivity contribution in [3.05, 3.63) is 82.9 Å². The molecule has 0 fully saturated rings. The molecule has 6 heteroatoms. The van der Waals surface area contributed by atoms with E-state index in [4.69, 9.17) is 9.78 Å². The number of benzene rings is 3. The molecule has 5 nitrogen and oxygen atoms in total. The Labute approximate surface area is 192 Å². The summed E-state index contributed by atoms with van der Waals surface area (Å²) in [6.45, 7) is 7.08. The molecule has 0 spiro atoms. The van der Waals surface area contributed by atoms with E-state index in [1.165, 1.54) is 23.8 Å². The van der Waals surface area contributed by atoms with E-state index in [9.17, 15) is 4.21 Å². The van der Waals surface area contributed by atoms with Crippen LogP contribution in [0.25, 0.3) is 0 Å². The Morgan fingerprint density at radius 3 is 2.59 bits per heavy atom. The van der Waals surface area contributed by atoms with Crippen molar-refractivity contribution < 1.29 is 14.0 Å². The van der Waals surface area contributed by atoms with Crippen molar-refractivity contribution >= 4 is 22.2 Å². The highest BCUT2D eigenvalue weighted by Gasteiger charge is 2.31. The summed E-state index contributed by atoms with van der Waals surface area (Å²) in [7, 11) is 0.218. The van der Waals surface area contributed by atoms with Gasteiger partial charge in [0.15, 0.2) is 0 Å². The average molecular weight is 451 g/mol. The third-order valence-corrected chi connectivity index (χ3v) is 7.50. The van der Waals surface area contributed by atoms with Gasteiger partial charge in [-0.05, 0) is 61.2 Å². The molecule has 3 aromatic carbocycles. The molecule has 0 bridgehead atoms. The van der Waals surface area contributed by atoms with Crippen LogP contribution in [0.4, 0.5) is 11.4 Å². The van der Waals surface area contributed by atoms with E-state index in [-0.39, 0.29) is 6.61 Å². The standard InChI is InChI=1S/C26H30N2O3S/c1-19-13-14-24-25(20(19)2)28(16-8-15-27-17-21-9-5-4-6-10-21)23-12-7-11-22(18-31-30-3)26(23)32(24)29/h4-7,9-14,27H,8,15-18H2,1-3H3. The molecule has 32 heavy (non-hydrogen) atoms. The van der Waals surface area contributed by atoms with E-state index >= 15 is 0 Å². The van der Waals surface area contributed by atoms with Gasteiger partial charge in [0.1, 0.15) is 6.61 Å². The third-order valence-electron chi connectivity index (χ3n) is 5.93. The average Bonchev–Trinajstić information content (AvgIpc) is 2.82. The quantitative estimate of drug-likeness (QED) is 0.277. The molecule has 4 rings (SSSR count). The maximum absolute atomic E-state index is 13.6. The summed E-state index contributed by atoms with van der Waals surface area (Å²) in [4.78, 5) is 14.0. The number of hydrogen-bond donors (Lipinski definition) is 1. The molecule has 0 saturated heterocycles. The first-order valence-electron chi connectivity index (χ1n) is 10.9. The van der Waals surface area contributed by atoms with Crippen LogP contribution in [-0.2, 0) is 33.7 Å². The summed E-state index contributed by atoms with van der Waals surface area (Å²) >= 11 is 0. The van der Waals surface area contributed by atoms with Crippen LogP contribution in [0.5, 0.6) is 0 Å². The van der Waals surface area contributed by atoms with Crippen molar-refractivity contribution in [2.45, 2.75) is 43.2 Å². The Morgan fingerprint density at radius 1 is 1.00 bits per heavy atom. The molecule has 3 aromatic rings. The van der Waals surface area contributed by atoms with Gasteiger partial charge < -0.3 is 10.2 Å². The predicted octanol–water partition coefficient (Wildman–Crippen LogP) is 5.18. The van der Waals surface area contributed by atoms with Crippen molar-refractivity contribution in [1.82, 2.24) is 5.32 Å². The minimum Gasteiger partial charge on any atom is -0.339 e. The van der Waals surface area contributed by atoms with Gasteiger partial charge in [-0.3, -0.25) is 0 Å². The van der Waals surface area contributed by atoms with Gasteiger partial charge in [0, 0.05) is 13.1 Å². The minimum absolute atomic E-state index is 0.262. The lowest BCUT2D eigenvalue weighted by Crippen LogP contribution is -2.29. The number of fused-ring (bicyclic) bond motifs is 2. The van der Waals surface area contributed by atoms with Gasteiger partial charge >= 0.3 is 0 Å². The normalized spacial score (nSPS) is 14.8. The van der Waals surface area contributed by atoms with Crippen LogP contribution < -0.4 is 10.2 Å². The first-order valence-corrected chi connectivity index (χ1v) is 12.1. The summed E-state index contributed by atoms with van der Waals surface area (Å²) in [6, 6.07) is 20.5. The fraction of sp³-hybridized carbons (Fsp3) is 0.308. The molecule has 1 unspecified atom stereocenters. The molecular formula is C26H30N2O3S. The Hall–Kier alpha value is -2.51. The molecule has 0 aliphatic carbocycles. The monoisotopic (exact) mass is 450 g/mol. The topological polar surface area (TPSA) is 50.8 Å². The Balaban J connectivity index is 1.59. The fourth-order valence-corrected chi connectivity index (χ4v) is 5.73. The largest absolute Gasteiger partial charge is 0.339 e. The van der Waals surface area contributed by atoms with Gasteiger partial charge in [0.25, 0.3) is 0 Å². The number of anilines is 2. The predicted molar refractivity (Wildman–Crippen MR) is 129 cm³/mol. The van der Waals surface area contributed by atoms with Crippen LogP contribution in [0.3, 0.4) is 0 Å². The van der Waals surface area contributed by atoms with Crippen LogP contribution in [0.2, 0.25) is 0 Å². The van der Waals surface area contributed by atoms with Crippen LogP contribution in [-0.4, -0.2) is 24.4 Å². The molecular weight excluding hydrogens is 420 g/mol. The van der Waals surface area contributed by atoms with Gasteiger partial charge in [0.2, 0.25) is 0 Å². The second kappa shape index (κ2) is 10.4. The number of nitrogens with zero attached hydrogens (tertiary/aromatic N) is 1. The number of aryl methyl sites for hydroxylation is 1. The van der Waals surface area contributed by atoms with Crippen LogP contribution in [0.1, 0.15) is 28.7 Å². The summed E-state index contributed by atoms with van der Waals surface area (Å²) in [5, 5.41) is 3.54. The first-order chi connectivity index (χ1) is 15.6. The van der Waals surface area contributed by atoms with Crippen molar-refractivity contribution in [3.8, 4) is 0 Å².